The summed E-state index contributed by atoms with van der Waals surface area (Å²) in [5.74, 6) is 0.249. The maximum atomic E-state index is 13.0. The minimum atomic E-state index is -0.187. The van der Waals surface area contributed by atoms with Crippen LogP contribution in [0.1, 0.15) is 62.1 Å². The molecule has 2 aromatic rings. The van der Waals surface area contributed by atoms with E-state index in [1.54, 1.807) is 0 Å². The molecule has 1 aliphatic rings. The lowest BCUT2D eigenvalue weighted by Gasteiger charge is -2.41. The zero-order valence-electron chi connectivity index (χ0n) is 16.5. The summed E-state index contributed by atoms with van der Waals surface area (Å²) in [5, 5.41) is 13.3. The standard InChI is InChI=1S/C24H27ClN2O/c1-3-24(12-5-13-24)23(28)27-17(2)22(15-18-8-10-21(25)11-9-18)20-7-4-6-19(14-20)16-26/h4,6-11,14,17,22H,3,5,12-13,15H2,1-2H3,(H,27,28)/t17-,22+/m0/s1. The van der Waals surface area contributed by atoms with E-state index >= 15 is 0 Å². The van der Waals surface area contributed by atoms with E-state index in [1.165, 1.54) is 0 Å². The zero-order chi connectivity index (χ0) is 20.1. The third-order valence-corrected chi connectivity index (χ3v) is 6.50. The molecule has 0 aliphatic heterocycles. The van der Waals surface area contributed by atoms with Crippen LogP contribution in [0.4, 0.5) is 0 Å². The topological polar surface area (TPSA) is 52.9 Å². The predicted octanol–water partition coefficient (Wildman–Crippen LogP) is 5.62. The third-order valence-electron chi connectivity index (χ3n) is 6.24. The Bertz CT molecular complexity index is 859. The quantitative estimate of drug-likeness (QED) is 0.662. The fourth-order valence-electron chi connectivity index (χ4n) is 4.10. The summed E-state index contributed by atoms with van der Waals surface area (Å²) in [6, 6.07) is 17.7. The molecule has 0 heterocycles. The van der Waals surface area contributed by atoms with Crippen LogP contribution in [0.25, 0.3) is 0 Å². The Morgan fingerprint density at radius 2 is 1.96 bits per heavy atom. The lowest BCUT2D eigenvalue weighted by molar-refractivity contribution is -0.137. The Morgan fingerprint density at radius 1 is 1.25 bits per heavy atom. The van der Waals surface area contributed by atoms with Crippen LogP contribution >= 0.6 is 11.6 Å². The molecule has 3 rings (SSSR count). The van der Waals surface area contributed by atoms with Gasteiger partial charge in [0.2, 0.25) is 5.91 Å². The minimum absolute atomic E-state index is 0.0406. The van der Waals surface area contributed by atoms with Crippen molar-refractivity contribution in [1.82, 2.24) is 5.32 Å². The molecule has 1 saturated carbocycles. The van der Waals surface area contributed by atoms with Gasteiger partial charge in [0.25, 0.3) is 0 Å². The summed E-state index contributed by atoms with van der Waals surface area (Å²) in [7, 11) is 0. The zero-order valence-corrected chi connectivity index (χ0v) is 17.3. The molecule has 4 heteroatoms. The third kappa shape index (κ3) is 4.39. The molecule has 1 aliphatic carbocycles. The first-order chi connectivity index (χ1) is 13.5. The van der Waals surface area contributed by atoms with Gasteiger partial charge in [0.1, 0.15) is 0 Å². The van der Waals surface area contributed by atoms with Gasteiger partial charge in [0, 0.05) is 22.4 Å². The molecule has 3 nitrogen and oxygen atoms in total. The van der Waals surface area contributed by atoms with Crippen molar-refractivity contribution in [2.75, 3.05) is 0 Å². The van der Waals surface area contributed by atoms with E-state index in [0.29, 0.717) is 10.6 Å². The van der Waals surface area contributed by atoms with Gasteiger partial charge < -0.3 is 5.32 Å². The molecule has 0 spiro atoms. The second kappa shape index (κ2) is 8.80. The lowest BCUT2D eigenvalue weighted by atomic mass is 9.66. The number of nitrogens with zero attached hydrogens (tertiary/aromatic N) is 1. The van der Waals surface area contributed by atoms with E-state index in [9.17, 15) is 10.1 Å². The number of rotatable bonds is 7. The molecule has 1 N–H and O–H groups in total. The van der Waals surface area contributed by atoms with Gasteiger partial charge in [-0.05, 0) is 68.0 Å². The highest BCUT2D eigenvalue weighted by atomic mass is 35.5. The molecular weight excluding hydrogens is 368 g/mol. The Hall–Kier alpha value is -2.31. The number of amides is 1. The van der Waals surface area contributed by atoms with Gasteiger partial charge in [-0.1, -0.05) is 49.2 Å². The number of nitrogens with one attached hydrogen (secondary N) is 1. The average molecular weight is 395 g/mol. The van der Waals surface area contributed by atoms with Gasteiger partial charge >= 0.3 is 0 Å². The number of carbonyl (C=O) groups excluding carboxylic acids is 1. The van der Waals surface area contributed by atoms with Crippen molar-refractivity contribution in [2.24, 2.45) is 5.41 Å². The largest absolute Gasteiger partial charge is 0.353 e. The maximum absolute atomic E-state index is 13.0. The van der Waals surface area contributed by atoms with Crippen LogP contribution in [0.15, 0.2) is 48.5 Å². The molecule has 2 atom stereocenters. The number of carbonyl (C=O) groups is 1. The van der Waals surface area contributed by atoms with Crippen LogP contribution in [0.3, 0.4) is 0 Å². The van der Waals surface area contributed by atoms with E-state index in [0.717, 1.165) is 43.2 Å². The van der Waals surface area contributed by atoms with Crippen molar-refractivity contribution in [3.05, 3.63) is 70.2 Å². The van der Waals surface area contributed by atoms with Crippen molar-refractivity contribution in [1.29, 1.82) is 5.26 Å². The van der Waals surface area contributed by atoms with Crippen LogP contribution in [0.5, 0.6) is 0 Å². The maximum Gasteiger partial charge on any atom is 0.226 e. The first-order valence-electron chi connectivity index (χ1n) is 10.0. The summed E-state index contributed by atoms with van der Waals surface area (Å²) >= 11 is 6.03. The van der Waals surface area contributed by atoms with Gasteiger partial charge in [0.15, 0.2) is 0 Å². The van der Waals surface area contributed by atoms with E-state index in [2.05, 4.69) is 25.2 Å². The highest BCUT2D eigenvalue weighted by Crippen LogP contribution is 2.44. The van der Waals surface area contributed by atoms with Crippen LogP contribution in [0, 0.1) is 16.7 Å². The van der Waals surface area contributed by atoms with Gasteiger partial charge in [0.05, 0.1) is 11.6 Å². The van der Waals surface area contributed by atoms with E-state index in [-0.39, 0.29) is 23.3 Å². The second-order valence-corrected chi connectivity index (χ2v) is 8.36. The molecule has 146 valence electrons. The Labute approximate surface area is 172 Å². The second-order valence-electron chi connectivity index (χ2n) is 7.92. The van der Waals surface area contributed by atoms with Crippen LogP contribution < -0.4 is 5.32 Å². The average Bonchev–Trinajstić information content (AvgIpc) is 2.67. The SMILES string of the molecule is CCC1(C(=O)N[C@@H](C)[C@@H](Cc2ccc(Cl)cc2)c2cccc(C#N)c2)CCC1. The fourth-order valence-corrected chi connectivity index (χ4v) is 4.23. The molecule has 28 heavy (non-hydrogen) atoms. The molecular formula is C24H27ClN2O. The van der Waals surface area contributed by atoms with Gasteiger partial charge in [-0.15, -0.1) is 0 Å². The van der Waals surface area contributed by atoms with Crippen molar-refractivity contribution >= 4 is 17.5 Å². The summed E-state index contributed by atoms with van der Waals surface area (Å²) in [4.78, 5) is 13.0. The van der Waals surface area contributed by atoms with Crippen molar-refractivity contribution in [2.45, 2.75) is 57.9 Å². The molecule has 0 unspecified atom stereocenters. The Balaban J connectivity index is 1.85. The van der Waals surface area contributed by atoms with E-state index < -0.39 is 0 Å². The Kier molecular flexibility index (Phi) is 6.42. The smallest absolute Gasteiger partial charge is 0.226 e. The molecule has 2 aromatic carbocycles. The first-order valence-corrected chi connectivity index (χ1v) is 10.4. The molecule has 0 aromatic heterocycles. The fraction of sp³-hybridized carbons (Fsp3) is 0.417. The van der Waals surface area contributed by atoms with Crippen LogP contribution in [-0.4, -0.2) is 11.9 Å². The van der Waals surface area contributed by atoms with Crippen molar-refractivity contribution in [3.8, 4) is 6.07 Å². The molecule has 0 radical (unpaired) electrons. The van der Waals surface area contributed by atoms with E-state index in [4.69, 9.17) is 11.6 Å². The number of hydrogen-bond acceptors (Lipinski definition) is 2. The first kappa shape index (κ1) is 20.4. The summed E-state index contributed by atoms with van der Waals surface area (Å²) < 4.78 is 0. The highest BCUT2D eigenvalue weighted by Gasteiger charge is 2.43. The minimum Gasteiger partial charge on any atom is -0.353 e. The molecule has 1 amide bonds. The number of halogens is 1. The van der Waals surface area contributed by atoms with Crippen molar-refractivity contribution in [3.63, 3.8) is 0 Å². The number of hydrogen-bond donors (Lipinski definition) is 1. The summed E-state index contributed by atoms with van der Waals surface area (Å²) in [5.41, 5.74) is 2.68. The van der Waals surface area contributed by atoms with Gasteiger partial charge in [-0.25, -0.2) is 0 Å². The summed E-state index contributed by atoms with van der Waals surface area (Å²) in [6.45, 7) is 4.17. The van der Waals surface area contributed by atoms with E-state index in [1.807, 2.05) is 48.5 Å². The number of benzene rings is 2. The van der Waals surface area contributed by atoms with Crippen LogP contribution in [-0.2, 0) is 11.2 Å². The highest BCUT2D eigenvalue weighted by molar-refractivity contribution is 6.30. The lowest BCUT2D eigenvalue weighted by Crippen LogP contribution is -2.49. The molecule has 1 fully saturated rings. The number of nitriles is 1. The van der Waals surface area contributed by atoms with Crippen LogP contribution in [0.2, 0.25) is 5.02 Å². The monoisotopic (exact) mass is 394 g/mol. The Morgan fingerprint density at radius 3 is 2.54 bits per heavy atom. The van der Waals surface area contributed by atoms with Crippen molar-refractivity contribution < 1.29 is 4.79 Å². The normalized spacial score (nSPS) is 17.1. The predicted molar refractivity (Wildman–Crippen MR) is 113 cm³/mol. The molecule has 0 saturated heterocycles. The van der Waals surface area contributed by atoms with Gasteiger partial charge in [-0.3, -0.25) is 4.79 Å². The summed E-state index contributed by atoms with van der Waals surface area (Å²) in [6.07, 6.45) is 4.75. The molecule has 0 bridgehead atoms. The van der Waals surface area contributed by atoms with Gasteiger partial charge in [-0.2, -0.15) is 5.26 Å².